The molecule has 0 aliphatic heterocycles. The third-order valence-corrected chi connectivity index (χ3v) is 18.3. The van der Waals surface area contributed by atoms with Crippen molar-refractivity contribution in [1.82, 2.24) is 0 Å². The van der Waals surface area contributed by atoms with E-state index in [4.69, 9.17) is 0 Å². The quantitative estimate of drug-likeness (QED) is 0.101. The van der Waals surface area contributed by atoms with E-state index in [0.717, 1.165) is 51.2 Å². The fraction of sp³-hybridized carbons (Fsp3) is 0.0217. The van der Waals surface area contributed by atoms with Gasteiger partial charge in [-0.25, -0.2) is 0 Å². The first kappa shape index (κ1) is 59.8. The zero-order valence-corrected chi connectivity index (χ0v) is 53.7. The fourth-order valence-electron chi connectivity index (χ4n) is 13.1. The van der Waals surface area contributed by atoms with E-state index in [1.165, 1.54) is 93.6 Å². The first-order chi connectivity index (χ1) is 47.4. The molecule has 0 heterocycles. The van der Waals surface area contributed by atoms with Gasteiger partial charge in [0.2, 0.25) is 0 Å². The number of nitrogens with zero attached hydrogens (tertiary/aromatic N) is 4. The predicted octanol–water partition coefficient (Wildman–Crippen LogP) is 25.6. The van der Waals surface area contributed by atoms with Crippen molar-refractivity contribution >= 4 is 89.2 Å². The second-order valence-corrected chi connectivity index (χ2v) is 24.2. The van der Waals surface area contributed by atoms with Gasteiger partial charge in [0, 0.05) is 70.4 Å². The monoisotopic (exact) mass is 1230 g/mol. The third-order valence-electron chi connectivity index (χ3n) is 18.3. The van der Waals surface area contributed by atoms with Crippen molar-refractivity contribution in [2.45, 2.75) is 0 Å². The number of hydrogen-bond donors (Lipinski definition) is 0. The van der Waals surface area contributed by atoms with Gasteiger partial charge in [0.15, 0.2) is 0 Å². The Balaban J connectivity index is 0.000000158. The van der Waals surface area contributed by atoms with Gasteiger partial charge < -0.3 is 19.6 Å². The summed E-state index contributed by atoms with van der Waals surface area (Å²) in [5.74, 6) is 0. The van der Waals surface area contributed by atoms with Crippen LogP contribution < -0.4 is 19.6 Å². The Bertz CT molecular complexity index is 5280. The van der Waals surface area contributed by atoms with Crippen LogP contribution in [0, 0.1) is 0 Å². The van der Waals surface area contributed by atoms with Crippen LogP contribution >= 0.6 is 0 Å². The Hall–Kier alpha value is -12.5. The molecule has 16 rings (SSSR count). The molecule has 0 unspecified atom stereocenters. The van der Waals surface area contributed by atoms with Crippen LogP contribution in [0.4, 0.5) is 56.9 Å². The normalized spacial score (nSPS) is 11.0. The Morgan fingerprint density at radius 2 is 0.427 bits per heavy atom. The van der Waals surface area contributed by atoms with E-state index in [1.807, 2.05) is 0 Å². The molecule has 96 heavy (non-hydrogen) atoms. The van der Waals surface area contributed by atoms with Crippen LogP contribution in [0.3, 0.4) is 0 Å². The summed E-state index contributed by atoms with van der Waals surface area (Å²) in [7, 11) is 4.25. The summed E-state index contributed by atoms with van der Waals surface area (Å²) < 4.78 is 0. The lowest BCUT2D eigenvalue weighted by Crippen LogP contribution is -2.10. The smallest absolute Gasteiger partial charge is 0.0540 e. The van der Waals surface area contributed by atoms with E-state index < -0.39 is 0 Å². The summed E-state index contributed by atoms with van der Waals surface area (Å²) in [6.45, 7) is 0. The average Bonchev–Trinajstić information content (AvgIpc) is 0.817. The van der Waals surface area contributed by atoms with Crippen molar-refractivity contribution in [2.24, 2.45) is 0 Å². The maximum Gasteiger partial charge on any atom is 0.0540 e. The van der Waals surface area contributed by atoms with Gasteiger partial charge in [-0.2, -0.15) is 0 Å². The fourth-order valence-corrected chi connectivity index (χ4v) is 13.1. The molecule has 0 radical (unpaired) electrons. The van der Waals surface area contributed by atoms with Crippen LogP contribution in [0.25, 0.3) is 88.0 Å². The van der Waals surface area contributed by atoms with E-state index in [0.29, 0.717) is 0 Å². The summed E-state index contributed by atoms with van der Waals surface area (Å²) in [6.07, 6.45) is 0. The molecule has 458 valence electrons. The minimum Gasteiger partial charge on any atom is -0.345 e. The SMILES string of the molecule is CN(c1ccc(-c2ccc(N(c3cccc(-c4ccccc4)c3)c3cccc4ccccc34)cc2)cc1)c1ccc2ccccc2c1.CN(c1ccc(-c2ccccc2)cc1)c1ccc(-c2ccc(N(c3cccc(-c4ccccc4)c3)c3cccc4ccccc34)cc2)cc1. The lowest BCUT2D eigenvalue weighted by atomic mass is 10.0. The highest BCUT2D eigenvalue weighted by molar-refractivity contribution is 6.01. The summed E-state index contributed by atoms with van der Waals surface area (Å²) in [5, 5.41) is 7.38. The molecule has 0 aromatic heterocycles. The molecule has 0 amide bonds. The Labute approximate surface area is 563 Å². The molecule has 0 spiro atoms. The van der Waals surface area contributed by atoms with E-state index in [1.54, 1.807) is 0 Å². The summed E-state index contributed by atoms with van der Waals surface area (Å²) >= 11 is 0. The second kappa shape index (κ2) is 27.4. The highest BCUT2D eigenvalue weighted by Gasteiger charge is 2.19. The largest absolute Gasteiger partial charge is 0.345 e. The summed E-state index contributed by atoms with van der Waals surface area (Å²) in [4.78, 5) is 9.22. The highest BCUT2D eigenvalue weighted by Crippen LogP contribution is 2.44. The van der Waals surface area contributed by atoms with E-state index in [-0.39, 0.29) is 0 Å². The number of rotatable bonds is 15. The average molecular weight is 1230 g/mol. The van der Waals surface area contributed by atoms with Crippen LogP contribution in [0.2, 0.25) is 0 Å². The number of anilines is 10. The van der Waals surface area contributed by atoms with Gasteiger partial charge in [0.1, 0.15) is 0 Å². The number of benzene rings is 16. The predicted molar refractivity (Wildman–Crippen MR) is 411 cm³/mol. The van der Waals surface area contributed by atoms with Crippen LogP contribution in [0.1, 0.15) is 0 Å². The first-order valence-corrected chi connectivity index (χ1v) is 32.8. The van der Waals surface area contributed by atoms with Gasteiger partial charge >= 0.3 is 0 Å². The van der Waals surface area contributed by atoms with Crippen molar-refractivity contribution in [3.63, 3.8) is 0 Å². The van der Waals surface area contributed by atoms with E-state index in [2.05, 4.69) is 422 Å². The van der Waals surface area contributed by atoms with Gasteiger partial charge in [0.25, 0.3) is 0 Å². The van der Waals surface area contributed by atoms with Gasteiger partial charge in [-0.15, -0.1) is 0 Å². The van der Waals surface area contributed by atoms with Crippen LogP contribution in [-0.4, -0.2) is 14.1 Å². The molecule has 0 saturated carbocycles. The zero-order chi connectivity index (χ0) is 64.6. The maximum absolute atomic E-state index is 2.38. The molecule has 4 nitrogen and oxygen atoms in total. The first-order valence-electron chi connectivity index (χ1n) is 32.8. The molecule has 16 aromatic carbocycles. The molecule has 0 atom stereocenters. The Kier molecular flexibility index (Phi) is 17.0. The molecule has 0 aliphatic carbocycles. The lowest BCUT2D eigenvalue weighted by molar-refractivity contribution is 1.21. The Morgan fingerprint density at radius 3 is 0.823 bits per heavy atom. The van der Waals surface area contributed by atoms with Crippen LogP contribution in [0.5, 0.6) is 0 Å². The van der Waals surface area contributed by atoms with Gasteiger partial charge in [-0.3, -0.25) is 0 Å². The number of hydrogen-bond acceptors (Lipinski definition) is 4. The topological polar surface area (TPSA) is 13.0 Å². The minimum atomic E-state index is 1.11. The third kappa shape index (κ3) is 12.8. The van der Waals surface area contributed by atoms with E-state index >= 15 is 0 Å². The van der Waals surface area contributed by atoms with Crippen molar-refractivity contribution in [2.75, 3.05) is 33.7 Å². The van der Waals surface area contributed by atoms with E-state index in [9.17, 15) is 0 Å². The summed E-state index contributed by atoms with van der Waals surface area (Å²) in [5.41, 5.74) is 23.4. The molecular formula is C92H70N4. The number of fused-ring (bicyclic) bond motifs is 3. The van der Waals surface area contributed by atoms with Crippen molar-refractivity contribution in [3.05, 3.63) is 388 Å². The second-order valence-electron chi connectivity index (χ2n) is 24.2. The van der Waals surface area contributed by atoms with Crippen molar-refractivity contribution in [3.8, 4) is 55.6 Å². The van der Waals surface area contributed by atoms with Gasteiger partial charge in [-0.05, 0) is 186 Å². The zero-order valence-electron chi connectivity index (χ0n) is 53.7. The molecule has 0 N–H and O–H groups in total. The molecule has 0 fully saturated rings. The van der Waals surface area contributed by atoms with Crippen molar-refractivity contribution < 1.29 is 0 Å². The molecule has 4 heteroatoms. The van der Waals surface area contributed by atoms with Crippen molar-refractivity contribution in [1.29, 1.82) is 0 Å². The minimum absolute atomic E-state index is 1.11. The Morgan fingerprint density at radius 1 is 0.156 bits per heavy atom. The van der Waals surface area contributed by atoms with Crippen LogP contribution in [-0.2, 0) is 0 Å². The van der Waals surface area contributed by atoms with Crippen LogP contribution in [0.15, 0.2) is 388 Å². The van der Waals surface area contributed by atoms with Gasteiger partial charge in [-0.1, -0.05) is 279 Å². The maximum atomic E-state index is 2.38. The summed E-state index contributed by atoms with van der Waals surface area (Å²) in [6, 6.07) is 139. The molecule has 0 bridgehead atoms. The lowest BCUT2D eigenvalue weighted by Gasteiger charge is -2.27. The van der Waals surface area contributed by atoms with Gasteiger partial charge in [0.05, 0.1) is 11.4 Å². The standard InChI is InChI=1S/C47H36N2.C45H34N2/c1-48(42-28-22-37(23-29-42)35-12-4-2-5-13-35)43-30-24-38(25-31-43)39-26-32-44(33-27-39)49(47-21-11-17-40-16-8-9-20-46(40)47)45-19-10-18-41(34-45)36-14-6-3-7-15-36;1-46(42-30-25-34-13-5-6-15-38(34)31-42)40-26-21-35(22-27-40)36-23-28-41(29-24-36)47(45-20-10-16-37-14-7-8-19-44(37)45)43-18-9-17-39(32-43)33-11-3-2-4-12-33/h2-34H,1H3;2-32H,1H3. The molecule has 0 aliphatic rings. The molecule has 0 saturated heterocycles. The highest BCUT2D eigenvalue weighted by atomic mass is 15.2. The molecule has 16 aromatic rings. The molecular weight excluding hydrogens is 1160 g/mol.